The first-order valence-corrected chi connectivity index (χ1v) is 7.65. The molecule has 22 heavy (non-hydrogen) atoms. The molecule has 0 saturated heterocycles. The molecule has 0 saturated carbocycles. The van der Waals surface area contributed by atoms with Crippen LogP contribution in [0.4, 0.5) is 0 Å². The van der Waals surface area contributed by atoms with Crippen LogP contribution in [-0.4, -0.2) is 43.4 Å². The summed E-state index contributed by atoms with van der Waals surface area (Å²) in [5, 5.41) is 2.85. The summed E-state index contributed by atoms with van der Waals surface area (Å²) in [6, 6.07) is 7.01. The number of hydrogen-bond donors (Lipinski definition) is 2. The molecule has 1 aromatic carbocycles. The number of nitrogens with two attached hydrogens (primary N) is 1. The molecule has 0 fully saturated rings. The van der Waals surface area contributed by atoms with Gasteiger partial charge in [0.25, 0.3) is 5.91 Å². The molecule has 0 aliphatic heterocycles. The third kappa shape index (κ3) is 5.85. The molecule has 0 radical (unpaired) electrons. The molecular formula is C17H27N3O2. The highest BCUT2D eigenvalue weighted by atomic mass is 16.2. The maximum absolute atomic E-state index is 11.9. The Morgan fingerprint density at radius 1 is 1.27 bits per heavy atom. The van der Waals surface area contributed by atoms with E-state index in [0.29, 0.717) is 30.9 Å². The van der Waals surface area contributed by atoms with Crippen LogP contribution in [0.25, 0.3) is 0 Å². The van der Waals surface area contributed by atoms with Crippen LogP contribution in [0, 0.1) is 5.92 Å². The van der Waals surface area contributed by atoms with Crippen LogP contribution in [0.1, 0.15) is 36.2 Å². The van der Waals surface area contributed by atoms with E-state index in [1.165, 1.54) is 0 Å². The van der Waals surface area contributed by atoms with Crippen molar-refractivity contribution < 1.29 is 9.59 Å². The van der Waals surface area contributed by atoms with E-state index >= 15 is 0 Å². The number of nitrogens with zero attached hydrogens (tertiary/aromatic N) is 1. The molecule has 3 N–H and O–H groups in total. The van der Waals surface area contributed by atoms with Gasteiger partial charge in [0.15, 0.2) is 0 Å². The number of nitrogens with one attached hydrogen (secondary N) is 1. The van der Waals surface area contributed by atoms with Gasteiger partial charge in [0.1, 0.15) is 0 Å². The van der Waals surface area contributed by atoms with Gasteiger partial charge >= 0.3 is 0 Å². The summed E-state index contributed by atoms with van der Waals surface area (Å²) in [6.07, 6.45) is 1.35. The molecular weight excluding hydrogens is 278 g/mol. The van der Waals surface area contributed by atoms with Crippen molar-refractivity contribution in [1.29, 1.82) is 0 Å². The van der Waals surface area contributed by atoms with Crippen LogP contribution < -0.4 is 11.1 Å². The second-order valence-electron chi connectivity index (χ2n) is 6.18. The minimum Gasteiger partial charge on any atom is -0.354 e. The maximum atomic E-state index is 11.9. The van der Waals surface area contributed by atoms with E-state index in [4.69, 9.17) is 5.73 Å². The van der Waals surface area contributed by atoms with Crippen LogP contribution in [-0.2, 0) is 11.2 Å². The van der Waals surface area contributed by atoms with Gasteiger partial charge < -0.3 is 16.0 Å². The average molecular weight is 305 g/mol. The third-order valence-corrected chi connectivity index (χ3v) is 3.36. The van der Waals surface area contributed by atoms with Crippen molar-refractivity contribution in [3.05, 3.63) is 35.4 Å². The molecule has 122 valence electrons. The fourth-order valence-electron chi connectivity index (χ4n) is 2.19. The molecule has 1 rings (SSSR count). The van der Waals surface area contributed by atoms with Crippen molar-refractivity contribution in [3.8, 4) is 0 Å². The molecule has 0 unspecified atom stereocenters. The van der Waals surface area contributed by atoms with Crippen molar-refractivity contribution in [1.82, 2.24) is 10.2 Å². The first kappa shape index (κ1) is 18.2. The molecule has 5 heteroatoms. The van der Waals surface area contributed by atoms with Gasteiger partial charge in [0, 0.05) is 26.2 Å². The van der Waals surface area contributed by atoms with Crippen molar-refractivity contribution in [2.45, 2.75) is 32.7 Å². The van der Waals surface area contributed by atoms with E-state index < -0.39 is 6.04 Å². The van der Waals surface area contributed by atoms with Gasteiger partial charge in [-0.15, -0.1) is 0 Å². The van der Waals surface area contributed by atoms with Gasteiger partial charge in [-0.25, -0.2) is 0 Å². The Labute approximate surface area is 132 Å². The number of carbonyl (C=O) groups excluding carboxylic acids is 2. The SMILES string of the molecule is CC(C)C[C@H](N)C(=O)NCCc1cccc(C(=O)N(C)C)c1. The Bertz CT molecular complexity index is 512. The lowest BCUT2D eigenvalue weighted by Crippen LogP contribution is -2.42. The molecule has 0 aliphatic rings. The summed E-state index contributed by atoms with van der Waals surface area (Å²) in [5.41, 5.74) is 7.51. The van der Waals surface area contributed by atoms with Crippen LogP contribution in [0.5, 0.6) is 0 Å². The van der Waals surface area contributed by atoms with Gasteiger partial charge in [-0.1, -0.05) is 26.0 Å². The smallest absolute Gasteiger partial charge is 0.253 e. The Morgan fingerprint density at radius 3 is 2.55 bits per heavy atom. The van der Waals surface area contributed by atoms with Gasteiger partial charge in [0.2, 0.25) is 5.91 Å². The summed E-state index contributed by atoms with van der Waals surface area (Å²) >= 11 is 0. The van der Waals surface area contributed by atoms with Crippen LogP contribution in [0.15, 0.2) is 24.3 Å². The monoisotopic (exact) mass is 305 g/mol. The normalized spacial score (nSPS) is 12.1. The fraction of sp³-hybridized carbons (Fsp3) is 0.529. The van der Waals surface area contributed by atoms with Crippen molar-refractivity contribution in [3.63, 3.8) is 0 Å². The lowest BCUT2D eigenvalue weighted by molar-refractivity contribution is -0.122. The number of hydrogen-bond acceptors (Lipinski definition) is 3. The van der Waals surface area contributed by atoms with E-state index in [2.05, 4.69) is 5.32 Å². The molecule has 1 atom stereocenters. The molecule has 2 amide bonds. The molecule has 0 aromatic heterocycles. The highest BCUT2D eigenvalue weighted by molar-refractivity contribution is 5.94. The van der Waals surface area contributed by atoms with Crippen molar-refractivity contribution >= 4 is 11.8 Å². The highest BCUT2D eigenvalue weighted by Gasteiger charge is 2.14. The van der Waals surface area contributed by atoms with E-state index in [0.717, 1.165) is 5.56 Å². The number of rotatable bonds is 7. The third-order valence-electron chi connectivity index (χ3n) is 3.36. The molecule has 0 aliphatic carbocycles. The predicted molar refractivity (Wildman–Crippen MR) is 88.6 cm³/mol. The second kappa shape index (κ2) is 8.54. The van der Waals surface area contributed by atoms with Gasteiger partial charge in [-0.2, -0.15) is 0 Å². The first-order chi connectivity index (χ1) is 10.3. The summed E-state index contributed by atoms with van der Waals surface area (Å²) in [7, 11) is 3.46. The summed E-state index contributed by atoms with van der Waals surface area (Å²) < 4.78 is 0. The number of benzene rings is 1. The standard InChI is InChI=1S/C17H27N3O2/c1-12(2)10-15(18)16(21)19-9-8-13-6-5-7-14(11-13)17(22)20(3)4/h5-7,11-12,15H,8-10,18H2,1-4H3,(H,19,21)/t15-/m0/s1. The van der Waals surface area contributed by atoms with Crippen LogP contribution in [0.3, 0.4) is 0 Å². The summed E-state index contributed by atoms with van der Waals surface area (Å²) in [6.45, 7) is 4.60. The van der Waals surface area contributed by atoms with Crippen molar-refractivity contribution in [2.24, 2.45) is 11.7 Å². The Kier molecular flexibility index (Phi) is 7.05. The minimum atomic E-state index is -0.457. The Morgan fingerprint density at radius 2 is 1.95 bits per heavy atom. The number of carbonyl (C=O) groups is 2. The van der Waals surface area contributed by atoms with Crippen molar-refractivity contribution in [2.75, 3.05) is 20.6 Å². The lowest BCUT2D eigenvalue weighted by atomic mass is 10.0. The quantitative estimate of drug-likeness (QED) is 0.800. The summed E-state index contributed by atoms with van der Waals surface area (Å²) in [4.78, 5) is 25.3. The largest absolute Gasteiger partial charge is 0.354 e. The van der Waals surface area contributed by atoms with E-state index in [-0.39, 0.29) is 11.8 Å². The van der Waals surface area contributed by atoms with E-state index in [1.807, 2.05) is 32.0 Å². The van der Waals surface area contributed by atoms with Gasteiger partial charge in [-0.05, 0) is 36.5 Å². The Hall–Kier alpha value is -1.88. The zero-order valence-electron chi connectivity index (χ0n) is 13.9. The lowest BCUT2D eigenvalue weighted by Gasteiger charge is -2.14. The predicted octanol–water partition coefficient (Wildman–Crippen LogP) is 1.42. The van der Waals surface area contributed by atoms with Crippen LogP contribution >= 0.6 is 0 Å². The topological polar surface area (TPSA) is 75.4 Å². The van der Waals surface area contributed by atoms with E-state index in [1.54, 1.807) is 25.1 Å². The van der Waals surface area contributed by atoms with Crippen LogP contribution in [0.2, 0.25) is 0 Å². The fourth-order valence-corrected chi connectivity index (χ4v) is 2.19. The molecule has 0 spiro atoms. The minimum absolute atomic E-state index is 0.0233. The number of amides is 2. The molecule has 1 aromatic rings. The molecule has 0 bridgehead atoms. The highest BCUT2D eigenvalue weighted by Crippen LogP contribution is 2.08. The summed E-state index contributed by atoms with van der Waals surface area (Å²) in [5.74, 6) is 0.258. The first-order valence-electron chi connectivity index (χ1n) is 7.65. The second-order valence-corrected chi connectivity index (χ2v) is 6.18. The average Bonchev–Trinajstić information content (AvgIpc) is 2.45. The van der Waals surface area contributed by atoms with Gasteiger partial charge in [0.05, 0.1) is 6.04 Å². The molecule has 5 nitrogen and oxygen atoms in total. The zero-order chi connectivity index (χ0) is 16.7. The Balaban J connectivity index is 2.50. The molecule has 0 heterocycles. The van der Waals surface area contributed by atoms with Gasteiger partial charge in [-0.3, -0.25) is 9.59 Å². The van der Waals surface area contributed by atoms with E-state index in [9.17, 15) is 9.59 Å². The maximum Gasteiger partial charge on any atom is 0.253 e. The zero-order valence-corrected chi connectivity index (χ0v) is 13.9.